The lowest BCUT2D eigenvalue weighted by Gasteiger charge is -2.22. The van der Waals surface area contributed by atoms with E-state index in [-0.39, 0.29) is 12.5 Å². The zero-order valence-electron chi connectivity index (χ0n) is 19.9. The van der Waals surface area contributed by atoms with Gasteiger partial charge in [-0.2, -0.15) is 0 Å². The minimum atomic E-state index is -0.508. The van der Waals surface area contributed by atoms with Crippen molar-refractivity contribution in [3.63, 3.8) is 0 Å². The van der Waals surface area contributed by atoms with Crippen LogP contribution in [0.15, 0.2) is 42.5 Å². The van der Waals surface area contributed by atoms with Crippen LogP contribution in [-0.2, 0) is 9.47 Å². The van der Waals surface area contributed by atoms with Gasteiger partial charge in [-0.3, -0.25) is 4.79 Å². The third-order valence-corrected chi connectivity index (χ3v) is 6.26. The molecule has 1 fully saturated rings. The molecular weight excluding hydrogens is 454 g/mol. The number of carbonyl (C=O) groups is 2. The first kappa shape index (κ1) is 26.0. The standard InChI is InChI=1S/C26H34ClN3O4/c1-28-10-11-29-25(31)22-15-20(18-6-3-4-7-18)14-21(16-22)24(19-8-5-9-23(27)17-19)34-13-12-30-26(32)33-2/h5,8-9,14-18,24,28H,3-4,6-7,10-13H2,1-2H3,(H,29,31)(H,30,32). The second kappa shape index (κ2) is 13.3. The minimum Gasteiger partial charge on any atom is -0.453 e. The van der Waals surface area contributed by atoms with Gasteiger partial charge in [0.2, 0.25) is 0 Å². The molecular formula is C26H34ClN3O4. The van der Waals surface area contributed by atoms with Crippen molar-refractivity contribution in [3.05, 3.63) is 69.7 Å². The van der Waals surface area contributed by atoms with E-state index < -0.39 is 12.2 Å². The van der Waals surface area contributed by atoms with Gasteiger partial charge in [0.15, 0.2) is 0 Å². The largest absolute Gasteiger partial charge is 0.453 e. The summed E-state index contributed by atoms with van der Waals surface area (Å²) in [7, 11) is 3.18. The van der Waals surface area contributed by atoms with Gasteiger partial charge >= 0.3 is 6.09 Å². The number of hydrogen-bond acceptors (Lipinski definition) is 5. The van der Waals surface area contributed by atoms with E-state index in [9.17, 15) is 9.59 Å². The normalized spacial score (nSPS) is 14.6. The predicted molar refractivity (Wildman–Crippen MR) is 134 cm³/mol. The maximum absolute atomic E-state index is 13.0. The number of likely N-dealkylation sites (N-methyl/N-ethyl adjacent to an activating group) is 1. The quantitative estimate of drug-likeness (QED) is 0.408. The third-order valence-electron chi connectivity index (χ3n) is 6.02. The maximum Gasteiger partial charge on any atom is 0.406 e. The van der Waals surface area contributed by atoms with E-state index in [1.165, 1.54) is 20.0 Å². The van der Waals surface area contributed by atoms with E-state index in [1.54, 1.807) is 0 Å². The van der Waals surface area contributed by atoms with Crippen molar-refractivity contribution in [1.82, 2.24) is 16.0 Å². The number of hydrogen-bond donors (Lipinski definition) is 3. The number of methoxy groups -OCH3 is 1. The fourth-order valence-electron chi connectivity index (χ4n) is 4.31. The molecule has 3 rings (SSSR count). The molecule has 0 aromatic heterocycles. The molecule has 0 aliphatic heterocycles. The first-order chi connectivity index (χ1) is 16.5. The van der Waals surface area contributed by atoms with Crippen LogP contribution in [0.5, 0.6) is 0 Å². The summed E-state index contributed by atoms with van der Waals surface area (Å²) in [5.41, 5.74) is 3.56. The molecule has 0 saturated heterocycles. The lowest BCUT2D eigenvalue weighted by Crippen LogP contribution is -2.30. The molecule has 2 aromatic rings. The zero-order chi connectivity index (χ0) is 24.3. The van der Waals surface area contributed by atoms with Crippen LogP contribution in [0.1, 0.15) is 64.8 Å². The number of benzene rings is 2. The highest BCUT2D eigenvalue weighted by molar-refractivity contribution is 6.30. The highest BCUT2D eigenvalue weighted by Gasteiger charge is 2.23. The first-order valence-corrected chi connectivity index (χ1v) is 12.2. The molecule has 0 spiro atoms. The Morgan fingerprint density at radius 3 is 2.53 bits per heavy atom. The fourth-order valence-corrected chi connectivity index (χ4v) is 4.51. The summed E-state index contributed by atoms with van der Waals surface area (Å²) in [5.74, 6) is 0.332. The molecule has 1 aliphatic carbocycles. The highest BCUT2D eigenvalue weighted by atomic mass is 35.5. The summed E-state index contributed by atoms with van der Waals surface area (Å²) >= 11 is 6.29. The molecule has 2 amide bonds. The van der Waals surface area contributed by atoms with E-state index in [0.29, 0.717) is 36.1 Å². The van der Waals surface area contributed by atoms with E-state index >= 15 is 0 Å². The van der Waals surface area contributed by atoms with Crippen molar-refractivity contribution in [1.29, 1.82) is 0 Å². The second-order valence-electron chi connectivity index (χ2n) is 8.45. The van der Waals surface area contributed by atoms with Crippen molar-refractivity contribution in [2.45, 2.75) is 37.7 Å². The Balaban J connectivity index is 1.93. The Bertz CT molecular complexity index is 963. The molecule has 0 heterocycles. The van der Waals surface area contributed by atoms with Gasteiger partial charge in [-0.15, -0.1) is 0 Å². The van der Waals surface area contributed by atoms with E-state index in [4.69, 9.17) is 16.3 Å². The number of halogens is 1. The molecule has 1 atom stereocenters. The van der Waals surface area contributed by atoms with Crippen LogP contribution in [0.4, 0.5) is 4.79 Å². The Kier molecular flexibility index (Phi) is 10.2. The Labute approximate surface area is 206 Å². The molecule has 8 heteroatoms. The number of alkyl carbamates (subject to hydrolysis) is 1. The number of ether oxygens (including phenoxy) is 2. The molecule has 184 valence electrons. The van der Waals surface area contributed by atoms with Crippen LogP contribution in [0.3, 0.4) is 0 Å². The van der Waals surface area contributed by atoms with Crippen LogP contribution < -0.4 is 16.0 Å². The van der Waals surface area contributed by atoms with Gasteiger partial charge in [0.25, 0.3) is 5.91 Å². The number of rotatable bonds is 11. The summed E-state index contributed by atoms with van der Waals surface area (Å²) in [4.78, 5) is 24.4. The summed E-state index contributed by atoms with van der Waals surface area (Å²) in [6.07, 6.45) is 3.69. The lowest BCUT2D eigenvalue weighted by molar-refractivity contribution is 0.0803. The van der Waals surface area contributed by atoms with Gasteiger partial charge in [0, 0.05) is 30.2 Å². The van der Waals surface area contributed by atoms with E-state index in [1.807, 2.05) is 43.4 Å². The summed E-state index contributed by atoms with van der Waals surface area (Å²) in [5, 5.41) is 9.26. The summed E-state index contributed by atoms with van der Waals surface area (Å²) in [6, 6.07) is 13.6. The monoisotopic (exact) mass is 487 g/mol. The average Bonchev–Trinajstić information content (AvgIpc) is 3.39. The zero-order valence-corrected chi connectivity index (χ0v) is 20.6. The van der Waals surface area contributed by atoms with Gasteiger partial charge in [-0.25, -0.2) is 4.79 Å². The topological polar surface area (TPSA) is 88.7 Å². The van der Waals surface area contributed by atoms with E-state index in [2.05, 4.69) is 26.8 Å². The lowest BCUT2D eigenvalue weighted by atomic mass is 9.90. The first-order valence-electron chi connectivity index (χ1n) is 11.8. The Morgan fingerprint density at radius 2 is 1.82 bits per heavy atom. The molecule has 1 aliphatic rings. The summed E-state index contributed by atoms with van der Waals surface area (Å²) < 4.78 is 10.9. The summed E-state index contributed by atoms with van der Waals surface area (Å²) in [6.45, 7) is 1.81. The SMILES string of the molecule is CNCCNC(=O)c1cc(C2CCCC2)cc(C(OCCNC(=O)OC)c2cccc(Cl)c2)c1. The highest BCUT2D eigenvalue weighted by Crippen LogP contribution is 2.37. The van der Waals surface area contributed by atoms with Gasteiger partial charge in [0.05, 0.1) is 13.7 Å². The molecule has 3 N–H and O–H groups in total. The molecule has 0 bridgehead atoms. The Morgan fingerprint density at radius 1 is 1.03 bits per heavy atom. The van der Waals surface area contributed by atoms with Gasteiger partial charge in [-0.1, -0.05) is 42.6 Å². The molecule has 1 saturated carbocycles. The predicted octanol–water partition coefficient (Wildman–Crippen LogP) is 4.41. The van der Waals surface area contributed by atoms with Gasteiger partial charge in [-0.05, 0) is 66.8 Å². The number of nitrogens with one attached hydrogen (secondary N) is 3. The second-order valence-corrected chi connectivity index (χ2v) is 8.89. The van der Waals surface area contributed by atoms with Crippen LogP contribution >= 0.6 is 11.6 Å². The van der Waals surface area contributed by atoms with Crippen molar-refractivity contribution >= 4 is 23.6 Å². The number of carbonyl (C=O) groups excluding carboxylic acids is 2. The Hall–Kier alpha value is -2.61. The molecule has 34 heavy (non-hydrogen) atoms. The minimum absolute atomic E-state index is 0.103. The maximum atomic E-state index is 13.0. The van der Waals surface area contributed by atoms with Crippen molar-refractivity contribution in [3.8, 4) is 0 Å². The van der Waals surface area contributed by atoms with Crippen molar-refractivity contribution < 1.29 is 19.1 Å². The molecule has 0 radical (unpaired) electrons. The van der Waals surface area contributed by atoms with E-state index in [0.717, 1.165) is 29.5 Å². The molecule has 1 unspecified atom stereocenters. The van der Waals surface area contributed by atoms with Gasteiger partial charge in [0.1, 0.15) is 6.10 Å². The fraction of sp³-hybridized carbons (Fsp3) is 0.462. The van der Waals surface area contributed by atoms with Crippen LogP contribution in [0.25, 0.3) is 0 Å². The van der Waals surface area contributed by atoms with Crippen LogP contribution in [0, 0.1) is 0 Å². The average molecular weight is 488 g/mol. The molecule has 2 aromatic carbocycles. The smallest absolute Gasteiger partial charge is 0.406 e. The van der Waals surface area contributed by atoms with Crippen molar-refractivity contribution in [2.75, 3.05) is 40.4 Å². The third kappa shape index (κ3) is 7.45. The van der Waals surface area contributed by atoms with Crippen LogP contribution in [0.2, 0.25) is 5.02 Å². The molecule has 7 nitrogen and oxygen atoms in total. The number of amides is 2. The van der Waals surface area contributed by atoms with Crippen LogP contribution in [-0.4, -0.2) is 52.4 Å². The van der Waals surface area contributed by atoms with Crippen molar-refractivity contribution in [2.24, 2.45) is 0 Å². The van der Waals surface area contributed by atoms with Gasteiger partial charge < -0.3 is 25.4 Å².